The molecule has 0 spiro atoms. The van der Waals surface area contributed by atoms with Crippen LogP contribution in [-0.4, -0.2) is 22.1 Å². The van der Waals surface area contributed by atoms with E-state index in [-0.39, 0.29) is 11.9 Å². The Kier molecular flexibility index (Phi) is 4.37. The van der Waals surface area contributed by atoms with Crippen LogP contribution in [0.5, 0.6) is 11.5 Å². The average Bonchev–Trinajstić information content (AvgIpc) is 2.98. The Morgan fingerprint density at radius 2 is 1.85 bits per heavy atom. The van der Waals surface area contributed by atoms with Crippen molar-refractivity contribution < 1.29 is 14.6 Å². The summed E-state index contributed by atoms with van der Waals surface area (Å²) in [6.07, 6.45) is 3.25. The highest BCUT2D eigenvalue weighted by Crippen LogP contribution is 2.31. The van der Waals surface area contributed by atoms with Gasteiger partial charge >= 0.3 is 0 Å². The van der Waals surface area contributed by atoms with E-state index < -0.39 is 6.10 Å². The molecule has 0 saturated heterocycles. The number of hydrogen-bond donors (Lipinski definition) is 2. The molecule has 0 bridgehead atoms. The Morgan fingerprint density at radius 1 is 1.04 bits per heavy atom. The third-order valence-electron chi connectivity index (χ3n) is 4.48. The van der Waals surface area contributed by atoms with Crippen LogP contribution < -0.4 is 10.1 Å². The molecule has 0 fully saturated rings. The van der Waals surface area contributed by atoms with E-state index in [0.29, 0.717) is 23.5 Å². The summed E-state index contributed by atoms with van der Waals surface area (Å²) in [6.45, 7) is 0. The molecule has 4 rings (SSSR count). The molecule has 2 aromatic carbocycles. The molecule has 2 N–H and O–H groups in total. The predicted molar refractivity (Wildman–Crippen MR) is 97.1 cm³/mol. The second kappa shape index (κ2) is 6.98. The van der Waals surface area contributed by atoms with Crippen molar-refractivity contribution in [2.45, 2.75) is 18.6 Å². The number of pyridine rings is 1. The van der Waals surface area contributed by atoms with Gasteiger partial charge in [-0.2, -0.15) is 0 Å². The molecule has 0 unspecified atom stereocenters. The summed E-state index contributed by atoms with van der Waals surface area (Å²) < 4.78 is 5.68. The Labute approximate surface area is 151 Å². The van der Waals surface area contributed by atoms with Crippen LogP contribution in [0.4, 0.5) is 0 Å². The fourth-order valence-electron chi connectivity index (χ4n) is 3.19. The van der Waals surface area contributed by atoms with E-state index in [1.807, 2.05) is 30.3 Å². The topological polar surface area (TPSA) is 71.5 Å². The van der Waals surface area contributed by atoms with Crippen molar-refractivity contribution in [3.63, 3.8) is 0 Å². The van der Waals surface area contributed by atoms with E-state index >= 15 is 0 Å². The first-order chi connectivity index (χ1) is 12.7. The largest absolute Gasteiger partial charge is 0.456 e. The number of rotatable bonds is 4. The van der Waals surface area contributed by atoms with Gasteiger partial charge in [0.2, 0.25) is 0 Å². The van der Waals surface area contributed by atoms with Crippen LogP contribution in [0.1, 0.15) is 27.5 Å². The molecule has 1 heterocycles. The lowest BCUT2D eigenvalue weighted by Crippen LogP contribution is -2.33. The lowest BCUT2D eigenvalue weighted by Gasteiger charge is -2.18. The molecule has 2 atom stereocenters. The van der Waals surface area contributed by atoms with E-state index in [2.05, 4.69) is 10.3 Å². The Bertz CT molecular complexity index is 910. The summed E-state index contributed by atoms with van der Waals surface area (Å²) in [5.74, 6) is 1.04. The van der Waals surface area contributed by atoms with Crippen LogP contribution in [0, 0.1) is 0 Å². The number of hydrogen-bond acceptors (Lipinski definition) is 4. The second-order valence-electron chi connectivity index (χ2n) is 6.24. The van der Waals surface area contributed by atoms with Crippen molar-refractivity contribution in [3.8, 4) is 11.5 Å². The van der Waals surface area contributed by atoms with Gasteiger partial charge in [0.05, 0.1) is 18.3 Å². The summed E-state index contributed by atoms with van der Waals surface area (Å²) >= 11 is 0. The van der Waals surface area contributed by atoms with Crippen molar-refractivity contribution in [2.75, 3.05) is 0 Å². The normalized spacial score (nSPS) is 18.2. The quantitative estimate of drug-likeness (QED) is 0.761. The van der Waals surface area contributed by atoms with E-state index in [4.69, 9.17) is 4.74 Å². The van der Waals surface area contributed by atoms with Gasteiger partial charge in [-0.15, -0.1) is 0 Å². The maximum atomic E-state index is 12.6. The van der Waals surface area contributed by atoms with E-state index in [0.717, 1.165) is 11.1 Å². The minimum absolute atomic E-state index is 0.223. The van der Waals surface area contributed by atoms with Gasteiger partial charge in [0, 0.05) is 18.2 Å². The monoisotopic (exact) mass is 346 g/mol. The van der Waals surface area contributed by atoms with Crippen molar-refractivity contribution >= 4 is 5.91 Å². The van der Waals surface area contributed by atoms with E-state index in [9.17, 15) is 9.90 Å². The molecule has 0 saturated carbocycles. The molecule has 0 radical (unpaired) electrons. The van der Waals surface area contributed by atoms with Gasteiger partial charge in [-0.3, -0.25) is 9.78 Å². The van der Waals surface area contributed by atoms with Gasteiger partial charge < -0.3 is 15.2 Å². The number of aliphatic hydroxyl groups is 1. The van der Waals surface area contributed by atoms with Crippen LogP contribution >= 0.6 is 0 Å². The number of ether oxygens (including phenoxy) is 1. The lowest BCUT2D eigenvalue weighted by atomic mass is 10.1. The first kappa shape index (κ1) is 16.3. The summed E-state index contributed by atoms with van der Waals surface area (Å²) in [4.78, 5) is 16.5. The number of fused-ring (bicyclic) bond motifs is 1. The van der Waals surface area contributed by atoms with Crippen molar-refractivity contribution in [2.24, 2.45) is 0 Å². The zero-order chi connectivity index (χ0) is 17.9. The molecule has 1 aliphatic carbocycles. The standard InChI is InChI=1S/C21H18N2O3/c24-19-12-15-4-1-2-6-18(15)20(19)23-21(25)14-7-9-16(10-8-14)26-17-5-3-11-22-13-17/h1-11,13,19-20,24H,12H2,(H,23,25)/t19-,20-/m0/s1. The fraction of sp³-hybridized carbons (Fsp3) is 0.143. The average molecular weight is 346 g/mol. The van der Waals surface area contributed by atoms with Gasteiger partial charge in [-0.05, 0) is 47.5 Å². The molecule has 1 aromatic heterocycles. The van der Waals surface area contributed by atoms with Gasteiger partial charge in [-0.25, -0.2) is 0 Å². The third kappa shape index (κ3) is 3.30. The predicted octanol–water partition coefficient (Wildman–Crippen LogP) is 3.26. The number of aliphatic hydroxyl groups excluding tert-OH is 1. The smallest absolute Gasteiger partial charge is 0.251 e. The van der Waals surface area contributed by atoms with Gasteiger partial charge in [0.1, 0.15) is 11.5 Å². The Hall–Kier alpha value is -3.18. The van der Waals surface area contributed by atoms with Crippen LogP contribution in [0.2, 0.25) is 0 Å². The first-order valence-corrected chi connectivity index (χ1v) is 8.45. The van der Waals surface area contributed by atoms with Crippen molar-refractivity contribution in [1.82, 2.24) is 10.3 Å². The number of nitrogens with one attached hydrogen (secondary N) is 1. The second-order valence-corrected chi connectivity index (χ2v) is 6.24. The molecule has 5 nitrogen and oxygen atoms in total. The number of amides is 1. The SMILES string of the molecule is O=C(N[C@H]1c2ccccc2C[C@@H]1O)c1ccc(Oc2cccnc2)cc1. The number of carbonyl (C=O) groups excluding carboxylic acids is 1. The highest BCUT2D eigenvalue weighted by atomic mass is 16.5. The number of nitrogens with zero attached hydrogens (tertiary/aromatic N) is 1. The Morgan fingerprint density at radius 3 is 2.62 bits per heavy atom. The zero-order valence-electron chi connectivity index (χ0n) is 14.0. The lowest BCUT2D eigenvalue weighted by molar-refractivity contribution is 0.0858. The van der Waals surface area contributed by atoms with Crippen LogP contribution in [0.3, 0.4) is 0 Å². The van der Waals surface area contributed by atoms with E-state index in [1.54, 1.807) is 42.7 Å². The van der Waals surface area contributed by atoms with E-state index in [1.165, 1.54) is 0 Å². The minimum Gasteiger partial charge on any atom is -0.456 e. The van der Waals surface area contributed by atoms with Crippen LogP contribution in [-0.2, 0) is 6.42 Å². The number of aromatic nitrogens is 1. The first-order valence-electron chi connectivity index (χ1n) is 8.45. The Balaban J connectivity index is 1.45. The maximum Gasteiger partial charge on any atom is 0.251 e. The summed E-state index contributed by atoms with van der Waals surface area (Å²) in [7, 11) is 0. The van der Waals surface area contributed by atoms with Crippen molar-refractivity contribution in [1.29, 1.82) is 0 Å². The molecule has 1 aliphatic rings. The zero-order valence-corrected chi connectivity index (χ0v) is 14.0. The van der Waals surface area contributed by atoms with Gasteiger partial charge in [0.25, 0.3) is 5.91 Å². The summed E-state index contributed by atoms with van der Waals surface area (Å²) in [6, 6.07) is 17.9. The van der Waals surface area contributed by atoms with Crippen molar-refractivity contribution in [3.05, 3.63) is 89.7 Å². The molecule has 1 amide bonds. The van der Waals surface area contributed by atoms with Crippen LogP contribution in [0.25, 0.3) is 0 Å². The molecular weight excluding hydrogens is 328 g/mol. The van der Waals surface area contributed by atoms with Gasteiger partial charge in [-0.1, -0.05) is 24.3 Å². The fourth-order valence-corrected chi connectivity index (χ4v) is 3.19. The van der Waals surface area contributed by atoms with Gasteiger partial charge in [0.15, 0.2) is 0 Å². The molecule has 5 heteroatoms. The molecule has 3 aromatic rings. The minimum atomic E-state index is -0.607. The molecule has 0 aliphatic heterocycles. The highest BCUT2D eigenvalue weighted by molar-refractivity contribution is 5.94. The molecule has 26 heavy (non-hydrogen) atoms. The maximum absolute atomic E-state index is 12.6. The third-order valence-corrected chi connectivity index (χ3v) is 4.48. The summed E-state index contributed by atoms with van der Waals surface area (Å²) in [5, 5.41) is 13.2. The summed E-state index contributed by atoms with van der Waals surface area (Å²) in [5.41, 5.74) is 2.57. The molecular formula is C21H18N2O3. The van der Waals surface area contributed by atoms with Crippen LogP contribution in [0.15, 0.2) is 73.1 Å². The number of carbonyl (C=O) groups is 1. The highest BCUT2D eigenvalue weighted by Gasteiger charge is 2.31. The molecule has 130 valence electrons. The number of benzene rings is 2.